The zero-order chi connectivity index (χ0) is 40.3. The van der Waals surface area contributed by atoms with Gasteiger partial charge < -0.3 is 20.1 Å². The highest BCUT2D eigenvalue weighted by Gasteiger charge is 2.23. The number of aliphatic hydroxyl groups excluding tert-OH is 1. The molecule has 0 heterocycles. The summed E-state index contributed by atoms with van der Waals surface area (Å²) in [6.07, 6.45) is 45.3. The molecule has 0 aromatic carbocycles. The number of carbonyl (C=O) groups excluding carboxylic acids is 2. The lowest BCUT2D eigenvalue weighted by Gasteiger charge is -2.15. The number of esters is 1. The zero-order valence-electron chi connectivity index (χ0n) is 35.6. The second-order valence-corrected chi connectivity index (χ2v) is 16.8. The second-order valence-electron chi connectivity index (χ2n) is 15.4. The molecule has 324 valence electrons. The number of phosphoric ester groups is 1. The highest BCUT2D eigenvalue weighted by atomic mass is 31.2. The van der Waals surface area contributed by atoms with Crippen LogP contribution in [0.3, 0.4) is 0 Å². The van der Waals surface area contributed by atoms with Crippen LogP contribution in [-0.2, 0) is 27.9 Å². The van der Waals surface area contributed by atoms with Crippen molar-refractivity contribution in [2.24, 2.45) is 0 Å². The maximum atomic E-state index is 12.1. The minimum atomic E-state index is -4.42. The van der Waals surface area contributed by atoms with E-state index < -0.39 is 26.5 Å². The van der Waals surface area contributed by atoms with Gasteiger partial charge >= 0.3 is 13.8 Å². The average molecular weight is 800 g/mol. The number of aliphatic hydroxyl groups is 1. The molecule has 0 radical (unpaired) electrons. The number of phosphoric acid groups is 1. The maximum Gasteiger partial charge on any atom is 0.472 e. The normalized spacial score (nSPS) is 13.5. The predicted octanol–water partition coefficient (Wildman–Crippen LogP) is 12.8. The largest absolute Gasteiger partial charge is 0.472 e. The summed E-state index contributed by atoms with van der Waals surface area (Å²) >= 11 is 0. The molecule has 2 atom stereocenters. The molecule has 0 fully saturated rings. The van der Waals surface area contributed by atoms with Gasteiger partial charge in [0.05, 0.1) is 13.2 Å². The van der Waals surface area contributed by atoms with Gasteiger partial charge in [0, 0.05) is 19.4 Å². The topological polar surface area (TPSA) is 131 Å². The molecule has 0 saturated carbocycles. The molecule has 2 unspecified atom stereocenters. The number of nitrogens with one attached hydrogen (secondary N) is 1. The summed E-state index contributed by atoms with van der Waals surface area (Å²) < 4.78 is 26.9. The molecule has 55 heavy (non-hydrogen) atoms. The molecular formula is C45H86NO8P. The van der Waals surface area contributed by atoms with Crippen molar-refractivity contribution in [2.45, 2.75) is 225 Å². The maximum absolute atomic E-state index is 12.1. The van der Waals surface area contributed by atoms with Crippen molar-refractivity contribution in [1.82, 2.24) is 5.32 Å². The van der Waals surface area contributed by atoms with Crippen LogP contribution in [-0.4, -0.2) is 54.3 Å². The van der Waals surface area contributed by atoms with Crippen LogP contribution in [0.15, 0.2) is 24.3 Å². The summed E-state index contributed by atoms with van der Waals surface area (Å²) in [7, 11) is -4.42. The smallest absolute Gasteiger partial charge is 0.463 e. The molecule has 0 aromatic heterocycles. The van der Waals surface area contributed by atoms with E-state index in [1.165, 1.54) is 141 Å². The zero-order valence-corrected chi connectivity index (χ0v) is 36.5. The molecule has 0 rings (SSSR count). The van der Waals surface area contributed by atoms with E-state index in [0.717, 1.165) is 51.4 Å². The quantitative estimate of drug-likeness (QED) is 0.0240. The molecule has 0 aliphatic heterocycles. The first kappa shape index (κ1) is 53.5. The fraction of sp³-hybridized carbons (Fsp3) is 0.867. The lowest BCUT2D eigenvalue weighted by molar-refractivity contribution is -0.147. The Balaban J connectivity index is 3.58. The number of carbonyl (C=O) groups is 2. The van der Waals surface area contributed by atoms with Gasteiger partial charge in [-0.2, -0.15) is 0 Å². The van der Waals surface area contributed by atoms with E-state index in [2.05, 4.69) is 43.5 Å². The number of rotatable bonds is 43. The first-order valence-electron chi connectivity index (χ1n) is 22.8. The monoisotopic (exact) mass is 800 g/mol. The van der Waals surface area contributed by atoms with Gasteiger partial charge in [0.1, 0.15) is 12.7 Å². The minimum Gasteiger partial charge on any atom is -0.463 e. The molecule has 0 aliphatic rings. The molecule has 9 nitrogen and oxygen atoms in total. The number of amides is 1. The summed E-state index contributed by atoms with van der Waals surface area (Å²) in [6.45, 7) is 3.55. The Morgan fingerprint density at radius 2 is 0.927 bits per heavy atom. The van der Waals surface area contributed by atoms with E-state index in [9.17, 15) is 24.2 Å². The van der Waals surface area contributed by atoms with Gasteiger partial charge in [-0.1, -0.05) is 167 Å². The van der Waals surface area contributed by atoms with Crippen LogP contribution >= 0.6 is 7.82 Å². The van der Waals surface area contributed by atoms with Crippen LogP contribution < -0.4 is 5.32 Å². The first-order chi connectivity index (χ1) is 26.8. The number of ether oxygens (including phenoxy) is 1. The third-order valence-electron chi connectivity index (χ3n) is 9.85. The standard InChI is InChI=1S/C45H86NO8P/c1-3-5-7-9-11-13-15-17-19-20-21-22-24-26-28-30-32-34-36-38-45(49)52-41-43(47)42-54-55(50,51)53-40-39-46-44(48)37-35-33-31-29-27-25-23-18-16-14-12-10-8-6-4-2/h17-19,23,43,47H,3-16,20-22,24-42H2,1-2H3,(H,46,48)(H,50,51)/b19-17+,23-18-. The van der Waals surface area contributed by atoms with Crippen LogP contribution in [0.5, 0.6) is 0 Å². The summed E-state index contributed by atoms with van der Waals surface area (Å²) in [6, 6.07) is 0. The van der Waals surface area contributed by atoms with Crippen LogP contribution in [0.1, 0.15) is 219 Å². The fourth-order valence-electron chi connectivity index (χ4n) is 6.37. The van der Waals surface area contributed by atoms with Crippen molar-refractivity contribution < 1.29 is 37.9 Å². The van der Waals surface area contributed by atoms with Crippen LogP contribution in [0, 0.1) is 0 Å². The van der Waals surface area contributed by atoms with Gasteiger partial charge in [0.25, 0.3) is 0 Å². The average Bonchev–Trinajstić information content (AvgIpc) is 3.17. The Bertz CT molecular complexity index is 959. The summed E-state index contributed by atoms with van der Waals surface area (Å²) in [4.78, 5) is 33.9. The van der Waals surface area contributed by atoms with E-state index >= 15 is 0 Å². The molecule has 0 aromatic rings. The molecule has 0 saturated heterocycles. The van der Waals surface area contributed by atoms with Crippen LogP contribution in [0.4, 0.5) is 0 Å². The van der Waals surface area contributed by atoms with Crippen molar-refractivity contribution in [2.75, 3.05) is 26.4 Å². The van der Waals surface area contributed by atoms with Crippen molar-refractivity contribution in [3.63, 3.8) is 0 Å². The van der Waals surface area contributed by atoms with Crippen molar-refractivity contribution in [3.8, 4) is 0 Å². The number of hydrogen-bond acceptors (Lipinski definition) is 7. The van der Waals surface area contributed by atoms with Crippen molar-refractivity contribution >= 4 is 19.7 Å². The van der Waals surface area contributed by atoms with E-state index in [1.54, 1.807) is 0 Å². The van der Waals surface area contributed by atoms with Crippen molar-refractivity contribution in [1.29, 1.82) is 0 Å². The summed E-state index contributed by atoms with van der Waals surface area (Å²) in [5.41, 5.74) is 0. The lowest BCUT2D eigenvalue weighted by atomic mass is 10.1. The van der Waals surface area contributed by atoms with Crippen molar-refractivity contribution in [3.05, 3.63) is 24.3 Å². The van der Waals surface area contributed by atoms with E-state index in [4.69, 9.17) is 13.8 Å². The molecule has 0 bridgehead atoms. The highest BCUT2D eigenvalue weighted by Crippen LogP contribution is 2.42. The van der Waals surface area contributed by atoms with Gasteiger partial charge in [0.2, 0.25) is 5.91 Å². The lowest BCUT2D eigenvalue weighted by Crippen LogP contribution is -2.27. The molecular weight excluding hydrogens is 713 g/mol. The van der Waals surface area contributed by atoms with E-state index in [0.29, 0.717) is 6.42 Å². The molecule has 1 amide bonds. The molecule has 0 spiro atoms. The SMILES string of the molecule is CCCCCCCC/C=C\CCCCCCCC(=O)NCCOP(=O)(O)OCC(O)COC(=O)CCCCCCCCCCC/C=C/CCCCCCCC. The molecule has 10 heteroatoms. The number of allylic oxidation sites excluding steroid dienone is 4. The highest BCUT2D eigenvalue weighted by molar-refractivity contribution is 7.47. The third kappa shape index (κ3) is 43.5. The van der Waals surface area contributed by atoms with E-state index in [-0.39, 0.29) is 32.1 Å². The van der Waals surface area contributed by atoms with Gasteiger partial charge in [-0.15, -0.1) is 0 Å². The summed E-state index contributed by atoms with van der Waals surface area (Å²) in [5.74, 6) is -0.522. The molecule has 0 aliphatic carbocycles. The first-order valence-corrected chi connectivity index (χ1v) is 24.3. The molecule has 3 N–H and O–H groups in total. The van der Waals surface area contributed by atoms with Crippen LogP contribution in [0.25, 0.3) is 0 Å². The van der Waals surface area contributed by atoms with E-state index in [1.807, 2.05) is 0 Å². The fourth-order valence-corrected chi connectivity index (χ4v) is 7.13. The van der Waals surface area contributed by atoms with Crippen LogP contribution in [0.2, 0.25) is 0 Å². The predicted molar refractivity (Wildman–Crippen MR) is 229 cm³/mol. The van der Waals surface area contributed by atoms with Gasteiger partial charge in [-0.25, -0.2) is 4.57 Å². The Morgan fingerprint density at radius 1 is 0.545 bits per heavy atom. The number of hydrogen-bond donors (Lipinski definition) is 3. The van der Waals surface area contributed by atoms with Gasteiger partial charge in [-0.3, -0.25) is 18.6 Å². The Labute approximate surface area is 338 Å². The Hall–Kier alpha value is -1.51. The van der Waals surface area contributed by atoms with Gasteiger partial charge in [0.15, 0.2) is 0 Å². The minimum absolute atomic E-state index is 0.0788. The second kappa shape index (κ2) is 42.1. The van der Waals surface area contributed by atoms with Gasteiger partial charge in [-0.05, 0) is 64.2 Å². The Kier molecular flexibility index (Phi) is 40.9. The Morgan fingerprint density at radius 3 is 1.36 bits per heavy atom. The number of unbranched alkanes of at least 4 members (excludes halogenated alkanes) is 26. The summed E-state index contributed by atoms with van der Waals surface area (Å²) in [5, 5.41) is 12.7. The third-order valence-corrected chi connectivity index (χ3v) is 10.8.